The second kappa shape index (κ2) is 3.80. The molecular formula is C11H13NO2. The average Bonchev–Trinajstić information content (AvgIpc) is 2.59. The Hall–Kier alpha value is -1.35. The van der Waals surface area contributed by atoms with Crippen LogP contribution in [0.25, 0.3) is 0 Å². The van der Waals surface area contributed by atoms with Crippen molar-refractivity contribution < 1.29 is 9.53 Å². The molecule has 2 rings (SSSR count). The molecule has 74 valence electrons. The zero-order valence-corrected chi connectivity index (χ0v) is 7.90. The minimum absolute atomic E-state index is 0.0107. The first-order chi connectivity index (χ1) is 6.79. The highest BCUT2D eigenvalue weighted by atomic mass is 16.5. The van der Waals surface area contributed by atoms with Gasteiger partial charge in [0.1, 0.15) is 6.10 Å². The van der Waals surface area contributed by atoms with Crippen LogP contribution in [0.15, 0.2) is 24.3 Å². The number of benzene rings is 1. The normalized spacial score (nSPS) is 15.2. The number of rotatable bonds is 2. The van der Waals surface area contributed by atoms with Gasteiger partial charge in [-0.05, 0) is 11.1 Å². The minimum atomic E-state index is -0.317. The molecule has 1 aliphatic rings. The van der Waals surface area contributed by atoms with Crippen LogP contribution in [0.3, 0.4) is 0 Å². The largest absolute Gasteiger partial charge is 0.461 e. The molecule has 1 aromatic rings. The van der Waals surface area contributed by atoms with E-state index in [0.717, 1.165) is 12.8 Å². The Bertz CT molecular complexity index is 324. The number of carbonyl (C=O) groups excluding carboxylic acids is 1. The van der Waals surface area contributed by atoms with E-state index in [1.807, 2.05) is 12.1 Å². The Labute approximate surface area is 82.9 Å². The fourth-order valence-electron chi connectivity index (χ4n) is 1.84. The SMILES string of the molecule is NCC(=O)OC1Cc2ccccc2C1. The second-order valence-electron chi connectivity index (χ2n) is 3.49. The first-order valence-corrected chi connectivity index (χ1v) is 4.76. The molecule has 0 unspecified atom stereocenters. The van der Waals surface area contributed by atoms with E-state index in [4.69, 9.17) is 10.5 Å². The van der Waals surface area contributed by atoms with Crippen molar-refractivity contribution in [3.63, 3.8) is 0 Å². The number of hydrogen-bond donors (Lipinski definition) is 1. The Kier molecular flexibility index (Phi) is 2.50. The van der Waals surface area contributed by atoms with Crippen molar-refractivity contribution in [2.45, 2.75) is 18.9 Å². The molecule has 0 heterocycles. The summed E-state index contributed by atoms with van der Waals surface area (Å²) in [5, 5.41) is 0. The number of nitrogens with two attached hydrogens (primary N) is 1. The molecule has 1 aromatic carbocycles. The maximum Gasteiger partial charge on any atom is 0.319 e. The molecule has 0 saturated carbocycles. The molecule has 0 radical (unpaired) electrons. The maximum absolute atomic E-state index is 11.0. The molecule has 0 aromatic heterocycles. The van der Waals surface area contributed by atoms with Gasteiger partial charge in [-0.2, -0.15) is 0 Å². The quantitative estimate of drug-likeness (QED) is 0.698. The Morgan fingerprint density at radius 2 is 1.93 bits per heavy atom. The predicted octanol–water partition coefficient (Wildman–Crippen LogP) is 0.656. The van der Waals surface area contributed by atoms with Crippen molar-refractivity contribution in [3.8, 4) is 0 Å². The van der Waals surface area contributed by atoms with Crippen LogP contribution in [-0.2, 0) is 22.4 Å². The minimum Gasteiger partial charge on any atom is -0.461 e. The van der Waals surface area contributed by atoms with E-state index in [-0.39, 0.29) is 18.6 Å². The molecule has 0 spiro atoms. The second-order valence-corrected chi connectivity index (χ2v) is 3.49. The number of fused-ring (bicyclic) bond motifs is 1. The van der Waals surface area contributed by atoms with Crippen molar-refractivity contribution >= 4 is 5.97 Å². The third-order valence-electron chi connectivity index (χ3n) is 2.48. The van der Waals surface area contributed by atoms with Gasteiger partial charge in [0.15, 0.2) is 0 Å². The zero-order valence-electron chi connectivity index (χ0n) is 7.90. The summed E-state index contributed by atoms with van der Waals surface area (Å²) in [6.45, 7) is -0.0349. The van der Waals surface area contributed by atoms with E-state index in [9.17, 15) is 4.79 Å². The highest BCUT2D eigenvalue weighted by Gasteiger charge is 2.23. The van der Waals surface area contributed by atoms with Gasteiger partial charge in [-0.25, -0.2) is 0 Å². The van der Waals surface area contributed by atoms with Crippen molar-refractivity contribution in [3.05, 3.63) is 35.4 Å². The standard InChI is InChI=1S/C11H13NO2/c12-7-11(13)14-10-5-8-3-1-2-4-9(8)6-10/h1-4,10H,5-7,12H2. The monoisotopic (exact) mass is 191 g/mol. The Morgan fingerprint density at radius 3 is 2.43 bits per heavy atom. The molecule has 14 heavy (non-hydrogen) atoms. The topological polar surface area (TPSA) is 52.3 Å². The lowest BCUT2D eigenvalue weighted by molar-refractivity contribution is -0.146. The number of hydrogen-bond acceptors (Lipinski definition) is 3. The number of carbonyl (C=O) groups is 1. The van der Waals surface area contributed by atoms with Gasteiger partial charge in [0.25, 0.3) is 0 Å². The van der Waals surface area contributed by atoms with E-state index in [2.05, 4.69) is 12.1 Å². The Morgan fingerprint density at radius 1 is 1.36 bits per heavy atom. The molecule has 0 saturated heterocycles. The van der Waals surface area contributed by atoms with Gasteiger partial charge in [0.05, 0.1) is 6.54 Å². The molecule has 3 heteroatoms. The van der Waals surface area contributed by atoms with Gasteiger partial charge in [0.2, 0.25) is 0 Å². The van der Waals surface area contributed by atoms with Crippen LogP contribution in [0.5, 0.6) is 0 Å². The van der Waals surface area contributed by atoms with E-state index in [1.54, 1.807) is 0 Å². The van der Waals surface area contributed by atoms with Gasteiger partial charge in [-0.1, -0.05) is 24.3 Å². The summed E-state index contributed by atoms with van der Waals surface area (Å²) in [5.41, 5.74) is 7.74. The summed E-state index contributed by atoms with van der Waals surface area (Å²) < 4.78 is 5.18. The van der Waals surface area contributed by atoms with Crippen molar-refractivity contribution in [2.75, 3.05) is 6.54 Å². The number of ether oxygens (including phenoxy) is 1. The third kappa shape index (κ3) is 1.77. The molecule has 0 aliphatic heterocycles. The van der Waals surface area contributed by atoms with Crippen LogP contribution in [0, 0.1) is 0 Å². The smallest absolute Gasteiger partial charge is 0.319 e. The van der Waals surface area contributed by atoms with Gasteiger partial charge in [0, 0.05) is 12.8 Å². The molecule has 3 nitrogen and oxygen atoms in total. The highest BCUT2D eigenvalue weighted by Crippen LogP contribution is 2.23. The fraction of sp³-hybridized carbons (Fsp3) is 0.364. The lowest BCUT2D eigenvalue weighted by Gasteiger charge is -2.09. The third-order valence-corrected chi connectivity index (χ3v) is 2.48. The number of esters is 1. The van der Waals surface area contributed by atoms with Crippen LogP contribution < -0.4 is 5.73 Å². The van der Waals surface area contributed by atoms with Crippen LogP contribution in [-0.4, -0.2) is 18.6 Å². The summed E-state index contributed by atoms with van der Waals surface area (Å²) in [5.74, 6) is -0.317. The van der Waals surface area contributed by atoms with Crippen LogP contribution in [0.1, 0.15) is 11.1 Å². The Balaban J connectivity index is 2.01. The summed E-state index contributed by atoms with van der Waals surface area (Å²) in [4.78, 5) is 11.0. The van der Waals surface area contributed by atoms with Gasteiger partial charge >= 0.3 is 5.97 Å². The van der Waals surface area contributed by atoms with Crippen LogP contribution >= 0.6 is 0 Å². The molecule has 0 fully saturated rings. The highest BCUT2D eigenvalue weighted by molar-refractivity contribution is 5.71. The zero-order chi connectivity index (χ0) is 9.97. The van der Waals surface area contributed by atoms with E-state index in [0.29, 0.717) is 0 Å². The molecule has 0 bridgehead atoms. The van der Waals surface area contributed by atoms with Gasteiger partial charge in [-0.15, -0.1) is 0 Å². The van der Waals surface area contributed by atoms with Crippen molar-refractivity contribution in [1.29, 1.82) is 0 Å². The van der Waals surface area contributed by atoms with E-state index in [1.165, 1.54) is 11.1 Å². The maximum atomic E-state index is 11.0. The fourth-order valence-corrected chi connectivity index (χ4v) is 1.84. The average molecular weight is 191 g/mol. The van der Waals surface area contributed by atoms with Gasteiger partial charge < -0.3 is 10.5 Å². The summed E-state index contributed by atoms with van der Waals surface area (Å²) in [7, 11) is 0. The summed E-state index contributed by atoms with van der Waals surface area (Å²) >= 11 is 0. The molecule has 1 aliphatic carbocycles. The first kappa shape index (κ1) is 9.21. The lowest BCUT2D eigenvalue weighted by atomic mass is 10.1. The van der Waals surface area contributed by atoms with Crippen LogP contribution in [0.2, 0.25) is 0 Å². The van der Waals surface area contributed by atoms with Gasteiger partial charge in [-0.3, -0.25) is 4.79 Å². The lowest BCUT2D eigenvalue weighted by Crippen LogP contribution is -2.24. The summed E-state index contributed by atoms with van der Waals surface area (Å²) in [6, 6.07) is 8.16. The van der Waals surface area contributed by atoms with E-state index < -0.39 is 0 Å². The predicted molar refractivity (Wildman–Crippen MR) is 52.8 cm³/mol. The molecular weight excluding hydrogens is 178 g/mol. The van der Waals surface area contributed by atoms with Crippen molar-refractivity contribution in [1.82, 2.24) is 0 Å². The molecule has 0 amide bonds. The van der Waals surface area contributed by atoms with E-state index >= 15 is 0 Å². The van der Waals surface area contributed by atoms with Crippen molar-refractivity contribution in [2.24, 2.45) is 5.73 Å². The summed E-state index contributed by atoms with van der Waals surface area (Å²) in [6.07, 6.45) is 1.63. The van der Waals surface area contributed by atoms with Crippen LogP contribution in [0.4, 0.5) is 0 Å². The molecule has 2 N–H and O–H groups in total. The molecule has 0 atom stereocenters. The first-order valence-electron chi connectivity index (χ1n) is 4.76.